The fourth-order valence-corrected chi connectivity index (χ4v) is 2.96. The number of nitrogens with one attached hydrogen (secondary N) is 1. The Morgan fingerprint density at radius 2 is 1.73 bits per heavy atom. The standard InChI is InChI=1S/C19H29NO2/c1-14-11-12-18(13-15(14)2)22-16(3)19(21)20-17-9-7-5-4-6-8-10-17/h11-13,16-17H,4-10H2,1-3H3,(H,20,21)/t16-/m0/s1. The smallest absolute Gasteiger partial charge is 0.260 e. The Morgan fingerprint density at radius 1 is 1.09 bits per heavy atom. The summed E-state index contributed by atoms with van der Waals surface area (Å²) in [6.07, 6.45) is 8.11. The molecule has 0 unspecified atom stereocenters. The van der Waals surface area contributed by atoms with Crippen molar-refractivity contribution in [1.29, 1.82) is 0 Å². The van der Waals surface area contributed by atoms with E-state index in [0.29, 0.717) is 6.04 Å². The Kier molecular flexibility index (Phi) is 6.29. The van der Waals surface area contributed by atoms with Gasteiger partial charge in [0.25, 0.3) is 5.91 Å². The Hall–Kier alpha value is -1.51. The van der Waals surface area contributed by atoms with Crippen LogP contribution in [0.3, 0.4) is 0 Å². The van der Waals surface area contributed by atoms with Gasteiger partial charge in [-0.3, -0.25) is 4.79 Å². The van der Waals surface area contributed by atoms with Crippen LogP contribution in [0.15, 0.2) is 18.2 Å². The molecule has 1 fully saturated rings. The molecule has 122 valence electrons. The normalized spacial score (nSPS) is 18.1. The van der Waals surface area contributed by atoms with Crippen LogP contribution in [0.2, 0.25) is 0 Å². The van der Waals surface area contributed by atoms with E-state index in [2.05, 4.69) is 19.2 Å². The molecule has 22 heavy (non-hydrogen) atoms. The third-order valence-electron chi connectivity index (χ3n) is 4.61. The minimum atomic E-state index is -0.451. The molecule has 3 heteroatoms. The van der Waals surface area contributed by atoms with Crippen molar-refractivity contribution in [2.24, 2.45) is 0 Å². The van der Waals surface area contributed by atoms with Crippen LogP contribution in [0.5, 0.6) is 5.75 Å². The van der Waals surface area contributed by atoms with Gasteiger partial charge in [-0.15, -0.1) is 0 Å². The predicted octanol–water partition coefficient (Wildman–Crippen LogP) is 4.30. The van der Waals surface area contributed by atoms with Gasteiger partial charge in [0.05, 0.1) is 0 Å². The first kappa shape index (κ1) is 16.9. The molecule has 1 aromatic carbocycles. The number of carbonyl (C=O) groups excluding carboxylic acids is 1. The van der Waals surface area contributed by atoms with Crippen molar-refractivity contribution >= 4 is 5.91 Å². The van der Waals surface area contributed by atoms with Crippen LogP contribution in [-0.4, -0.2) is 18.1 Å². The molecular weight excluding hydrogens is 274 g/mol. The van der Waals surface area contributed by atoms with Crippen molar-refractivity contribution in [1.82, 2.24) is 5.32 Å². The highest BCUT2D eigenvalue weighted by atomic mass is 16.5. The lowest BCUT2D eigenvalue weighted by molar-refractivity contribution is -0.128. The van der Waals surface area contributed by atoms with Crippen LogP contribution in [0, 0.1) is 13.8 Å². The molecule has 0 aromatic heterocycles. The van der Waals surface area contributed by atoms with E-state index in [4.69, 9.17) is 4.74 Å². The van der Waals surface area contributed by atoms with Gasteiger partial charge in [-0.05, 0) is 56.9 Å². The second-order valence-corrected chi connectivity index (χ2v) is 6.56. The van der Waals surface area contributed by atoms with Crippen molar-refractivity contribution in [3.8, 4) is 5.75 Å². The third-order valence-corrected chi connectivity index (χ3v) is 4.61. The second-order valence-electron chi connectivity index (χ2n) is 6.56. The largest absolute Gasteiger partial charge is 0.481 e. The SMILES string of the molecule is Cc1ccc(O[C@@H](C)C(=O)NC2CCCCCCC2)cc1C. The molecule has 0 spiro atoms. The minimum absolute atomic E-state index is 0.00352. The number of rotatable bonds is 4. The quantitative estimate of drug-likeness (QED) is 0.900. The zero-order chi connectivity index (χ0) is 15.9. The summed E-state index contributed by atoms with van der Waals surface area (Å²) in [5, 5.41) is 3.17. The maximum atomic E-state index is 12.3. The average Bonchev–Trinajstić information content (AvgIpc) is 2.45. The summed E-state index contributed by atoms with van der Waals surface area (Å²) >= 11 is 0. The van der Waals surface area contributed by atoms with E-state index in [-0.39, 0.29) is 5.91 Å². The first-order valence-corrected chi connectivity index (χ1v) is 8.60. The molecule has 0 bridgehead atoms. The molecule has 3 nitrogen and oxygen atoms in total. The first-order valence-electron chi connectivity index (χ1n) is 8.60. The number of ether oxygens (including phenoxy) is 1. The Balaban J connectivity index is 1.86. The summed E-state index contributed by atoms with van der Waals surface area (Å²) in [4.78, 5) is 12.3. The fraction of sp³-hybridized carbons (Fsp3) is 0.632. The highest BCUT2D eigenvalue weighted by Gasteiger charge is 2.19. The summed E-state index contributed by atoms with van der Waals surface area (Å²) in [7, 11) is 0. The third kappa shape index (κ3) is 5.04. The summed E-state index contributed by atoms with van der Waals surface area (Å²) in [5.41, 5.74) is 2.42. The van der Waals surface area contributed by atoms with E-state index in [1.807, 2.05) is 25.1 Å². The van der Waals surface area contributed by atoms with Gasteiger partial charge in [0, 0.05) is 6.04 Å². The molecule has 1 atom stereocenters. The lowest BCUT2D eigenvalue weighted by Gasteiger charge is -2.23. The Bertz CT molecular complexity index is 490. The Morgan fingerprint density at radius 3 is 2.36 bits per heavy atom. The van der Waals surface area contributed by atoms with E-state index in [0.717, 1.165) is 18.6 Å². The first-order chi connectivity index (χ1) is 10.6. The van der Waals surface area contributed by atoms with Gasteiger partial charge in [0.2, 0.25) is 0 Å². The molecule has 0 heterocycles. The van der Waals surface area contributed by atoms with Crippen molar-refractivity contribution in [3.63, 3.8) is 0 Å². The van der Waals surface area contributed by atoms with Crippen molar-refractivity contribution in [2.75, 3.05) is 0 Å². The Labute approximate surface area is 134 Å². The van der Waals surface area contributed by atoms with Crippen LogP contribution in [0.25, 0.3) is 0 Å². The second kappa shape index (κ2) is 8.21. The summed E-state index contributed by atoms with van der Waals surface area (Å²) < 4.78 is 5.80. The summed E-state index contributed by atoms with van der Waals surface area (Å²) in [6, 6.07) is 6.28. The highest BCUT2D eigenvalue weighted by molar-refractivity contribution is 5.81. The van der Waals surface area contributed by atoms with E-state index in [1.165, 1.54) is 43.2 Å². The van der Waals surface area contributed by atoms with Gasteiger partial charge in [0.1, 0.15) is 5.75 Å². The summed E-state index contributed by atoms with van der Waals surface area (Å²) in [5.74, 6) is 0.771. The maximum absolute atomic E-state index is 12.3. The van der Waals surface area contributed by atoms with Crippen molar-refractivity contribution in [3.05, 3.63) is 29.3 Å². The van der Waals surface area contributed by atoms with Crippen LogP contribution in [-0.2, 0) is 4.79 Å². The molecular formula is C19H29NO2. The number of hydrogen-bond acceptors (Lipinski definition) is 2. The van der Waals surface area contributed by atoms with E-state index in [9.17, 15) is 4.79 Å². The van der Waals surface area contributed by atoms with E-state index < -0.39 is 6.10 Å². The predicted molar refractivity (Wildman–Crippen MR) is 90.3 cm³/mol. The summed E-state index contributed by atoms with van der Waals surface area (Å²) in [6.45, 7) is 5.96. The molecule has 2 rings (SSSR count). The number of aryl methyl sites for hydroxylation is 2. The molecule has 0 saturated heterocycles. The zero-order valence-corrected chi connectivity index (χ0v) is 14.2. The molecule has 1 amide bonds. The fourth-order valence-electron chi connectivity index (χ4n) is 2.96. The number of hydrogen-bond donors (Lipinski definition) is 1. The van der Waals surface area contributed by atoms with Crippen molar-refractivity contribution in [2.45, 2.75) is 77.9 Å². The molecule has 1 N–H and O–H groups in total. The average molecular weight is 303 g/mol. The van der Waals surface area contributed by atoms with E-state index in [1.54, 1.807) is 0 Å². The van der Waals surface area contributed by atoms with Gasteiger partial charge in [-0.25, -0.2) is 0 Å². The lowest BCUT2D eigenvalue weighted by Crippen LogP contribution is -2.42. The van der Waals surface area contributed by atoms with Gasteiger partial charge < -0.3 is 10.1 Å². The zero-order valence-electron chi connectivity index (χ0n) is 14.2. The monoisotopic (exact) mass is 303 g/mol. The number of carbonyl (C=O) groups is 1. The molecule has 1 aliphatic carbocycles. The molecule has 0 aliphatic heterocycles. The van der Waals surface area contributed by atoms with Gasteiger partial charge >= 0.3 is 0 Å². The highest BCUT2D eigenvalue weighted by Crippen LogP contribution is 2.19. The topological polar surface area (TPSA) is 38.3 Å². The minimum Gasteiger partial charge on any atom is -0.481 e. The van der Waals surface area contributed by atoms with Gasteiger partial charge in [-0.1, -0.05) is 38.2 Å². The molecule has 1 aliphatic rings. The van der Waals surface area contributed by atoms with Crippen LogP contribution >= 0.6 is 0 Å². The molecule has 1 saturated carbocycles. The number of amides is 1. The number of benzene rings is 1. The molecule has 1 aromatic rings. The van der Waals surface area contributed by atoms with E-state index >= 15 is 0 Å². The van der Waals surface area contributed by atoms with Crippen LogP contribution in [0.1, 0.15) is 63.0 Å². The lowest BCUT2D eigenvalue weighted by atomic mass is 9.96. The molecule has 0 radical (unpaired) electrons. The van der Waals surface area contributed by atoms with Crippen LogP contribution in [0.4, 0.5) is 0 Å². The maximum Gasteiger partial charge on any atom is 0.260 e. The van der Waals surface area contributed by atoms with Gasteiger partial charge in [0.15, 0.2) is 6.10 Å². The van der Waals surface area contributed by atoms with Gasteiger partial charge in [-0.2, -0.15) is 0 Å². The van der Waals surface area contributed by atoms with Crippen LogP contribution < -0.4 is 10.1 Å². The van der Waals surface area contributed by atoms with Crippen molar-refractivity contribution < 1.29 is 9.53 Å².